The van der Waals surface area contributed by atoms with Gasteiger partial charge in [-0.15, -0.1) is 0 Å². The molecule has 0 unspecified atom stereocenters. The van der Waals surface area contributed by atoms with E-state index in [1.54, 1.807) is 0 Å². The van der Waals surface area contributed by atoms with Crippen molar-refractivity contribution < 1.29 is 9.47 Å². The van der Waals surface area contributed by atoms with Crippen molar-refractivity contribution in [3.05, 3.63) is 47.5 Å². The molecular formula is C22H24O2. The van der Waals surface area contributed by atoms with Gasteiger partial charge in [0, 0.05) is 0 Å². The average molecular weight is 320 g/mol. The Balaban J connectivity index is 2.09. The van der Waals surface area contributed by atoms with Crippen LogP contribution < -0.4 is 9.47 Å². The molecule has 124 valence electrons. The van der Waals surface area contributed by atoms with Gasteiger partial charge in [0.25, 0.3) is 0 Å². The van der Waals surface area contributed by atoms with E-state index in [1.807, 2.05) is 19.9 Å². The molecule has 0 radical (unpaired) electrons. The molecule has 0 spiro atoms. The molecule has 3 aromatic rings. The molecule has 0 fully saturated rings. The Morgan fingerprint density at radius 1 is 0.792 bits per heavy atom. The van der Waals surface area contributed by atoms with Crippen LogP contribution in [0.3, 0.4) is 0 Å². The first-order valence-corrected chi connectivity index (χ1v) is 9.09. The average Bonchev–Trinajstić information content (AvgIpc) is 2.62. The zero-order valence-corrected chi connectivity index (χ0v) is 14.5. The SMILES string of the molecule is CCOc1cccc2c1c(OCC)cc1c3c(ccc12)CCCC3. The van der Waals surface area contributed by atoms with Gasteiger partial charge in [-0.2, -0.15) is 0 Å². The van der Waals surface area contributed by atoms with Crippen molar-refractivity contribution in [3.63, 3.8) is 0 Å². The van der Waals surface area contributed by atoms with E-state index in [-0.39, 0.29) is 0 Å². The quantitative estimate of drug-likeness (QED) is 0.577. The van der Waals surface area contributed by atoms with Crippen LogP contribution in [0, 0.1) is 0 Å². The van der Waals surface area contributed by atoms with Crippen molar-refractivity contribution >= 4 is 21.5 Å². The van der Waals surface area contributed by atoms with Crippen LogP contribution in [0.4, 0.5) is 0 Å². The van der Waals surface area contributed by atoms with Crippen LogP contribution in [-0.2, 0) is 12.8 Å². The molecule has 24 heavy (non-hydrogen) atoms. The first-order valence-electron chi connectivity index (χ1n) is 9.09. The lowest BCUT2D eigenvalue weighted by Gasteiger charge is -2.21. The zero-order chi connectivity index (χ0) is 16.5. The summed E-state index contributed by atoms with van der Waals surface area (Å²) in [6.45, 7) is 5.39. The lowest BCUT2D eigenvalue weighted by atomic mass is 9.86. The van der Waals surface area contributed by atoms with Gasteiger partial charge in [0.05, 0.1) is 18.6 Å². The third kappa shape index (κ3) is 2.41. The van der Waals surface area contributed by atoms with Crippen LogP contribution in [0.15, 0.2) is 36.4 Å². The summed E-state index contributed by atoms with van der Waals surface area (Å²) in [6.07, 6.45) is 4.97. The van der Waals surface area contributed by atoms with Crippen molar-refractivity contribution in [2.75, 3.05) is 13.2 Å². The number of hydrogen-bond acceptors (Lipinski definition) is 2. The summed E-state index contributed by atoms with van der Waals surface area (Å²) in [5.41, 5.74) is 3.03. The van der Waals surface area contributed by atoms with E-state index in [2.05, 4.69) is 30.3 Å². The lowest BCUT2D eigenvalue weighted by Crippen LogP contribution is -2.04. The highest BCUT2D eigenvalue weighted by atomic mass is 16.5. The Bertz CT molecular complexity index is 895. The standard InChI is InChI=1S/C22H24O2/c1-3-23-20-11-7-10-18-17-13-12-15-8-5-6-9-16(15)19(17)14-21(22(18)20)24-4-2/h7,10-14H,3-6,8-9H2,1-2H3. The van der Waals surface area contributed by atoms with E-state index < -0.39 is 0 Å². The summed E-state index contributed by atoms with van der Waals surface area (Å²) in [5.74, 6) is 1.86. The summed E-state index contributed by atoms with van der Waals surface area (Å²) >= 11 is 0. The molecule has 1 aliphatic carbocycles. The molecule has 0 bridgehead atoms. The lowest BCUT2D eigenvalue weighted by molar-refractivity contribution is 0.332. The summed E-state index contributed by atoms with van der Waals surface area (Å²) < 4.78 is 11.9. The van der Waals surface area contributed by atoms with Crippen LogP contribution in [0.5, 0.6) is 11.5 Å². The maximum absolute atomic E-state index is 6.03. The summed E-state index contributed by atoms with van der Waals surface area (Å²) in [5, 5.41) is 5.01. The van der Waals surface area contributed by atoms with Crippen molar-refractivity contribution in [1.29, 1.82) is 0 Å². The van der Waals surface area contributed by atoms with E-state index >= 15 is 0 Å². The number of ether oxygens (including phenoxy) is 2. The molecule has 0 saturated heterocycles. The number of aryl methyl sites for hydroxylation is 2. The Morgan fingerprint density at radius 2 is 1.58 bits per heavy atom. The summed E-state index contributed by atoms with van der Waals surface area (Å²) in [4.78, 5) is 0. The van der Waals surface area contributed by atoms with Crippen molar-refractivity contribution in [2.45, 2.75) is 39.5 Å². The number of rotatable bonds is 4. The third-order valence-corrected chi connectivity index (χ3v) is 5.01. The Kier molecular flexibility index (Phi) is 4.05. The summed E-state index contributed by atoms with van der Waals surface area (Å²) in [7, 11) is 0. The monoisotopic (exact) mass is 320 g/mol. The van der Waals surface area contributed by atoms with E-state index in [4.69, 9.17) is 9.47 Å². The minimum absolute atomic E-state index is 0.660. The Hall–Kier alpha value is -2.22. The molecule has 0 saturated carbocycles. The first kappa shape index (κ1) is 15.3. The molecule has 2 heteroatoms. The fourth-order valence-electron chi connectivity index (χ4n) is 4.01. The van der Waals surface area contributed by atoms with Gasteiger partial charge in [0.2, 0.25) is 0 Å². The largest absolute Gasteiger partial charge is 0.493 e. The molecule has 0 heterocycles. The Labute approximate surface area is 143 Å². The van der Waals surface area contributed by atoms with Gasteiger partial charge < -0.3 is 9.47 Å². The van der Waals surface area contributed by atoms with Crippen LogP contribution in [-0.4, -0.2) is 13.2 Å². The predicted molar refractivity (Wildman–Crippen MR) is 100 cm³/mol. The Morgan fingerprint density at radius 3 is 2.42 bits per heavy atom. The first-order chi connectivity index (χ1) is 11.8. The molecule has 2 nitrogen and oxygen atoms in total. The highest BCUT2D eigenvalue weighted by Gasteiger charge is 2.17. The second-order valence-electron chi connectivity index (χ2n) is 6.42. The molecule has 0 N–H and O–H groups in total. The van der Waals surface area contributed by atoms with E-state index in [9.17, 15) is 0 Å². The van der Waals surface area contributed by atoms with Gasteiger partial charge in [0.1, 0.15) is 11.5 Å². The van der Waals surface area contributed by atoms with Crippen LogP contribution in [0.2, 0.25) is 0 Å². The van der Waals surface area contributed by atoms with Gasteiger partial charge >= 0.3 is 0 Å². The van der Waals surface area contributed by atoms with Crippen LogP contribution in [0.25, 0.3) is 21.5 Å². The molecule has 0 aromatic heterocycles. The van der Waals surface area contributed by atoms with E-state index in [0.717, 1.165) is 16.9 Å². The fourth-order valence-corrected chi connectivity index (χ4v) is 4.01. The minimum Gasteiger partial charge on any atom is -0.493 e. The smallest absolute Gasteiger partial charge is 0.131 e. The molecular weight excluding hydrogens is 296 g/mol. The van der Waals surface area contributed by atoms with Gasteiger partial charge in [0.15, 0.2) is 0 Å². The zero-order valence-electron chi connectivity index (χ0n) is 14.5. The van der Waals surface area contributed by atoms with Crippen LogP contribution >= 0.6 is 0 Å². The number of hydrogen-bond donors (Lipinski definition) is 0. The van der Waals surface area contributed by atoms with Gasteiger partial charge in [-0.05, 0) is 78.9 Å². The number of fused-ring (bicyclic) bond motifs is 5. The highest BCUT2D eigenvalue weighted by molar-refractivity contribution is 6.13. The second-order valence-corrected chi connectivity index (χ2v) is 6.42. The van der Waals surface area contributed by atoms with Gasteiger partial charge in [-0.3, -0.25) is 0 Å². The van der Waals surface area contributed by atoms with Gasteiger partial charge in [-0.25, -0.2) is 0 Å². The fraction of sp³-hybridized carbons (Fsp3) is 0.364. The van der Waals surface area contributed by atoms with Crippen molar-refractivity contribution in [3.8, 4) is 11.5 Å². The second kappa shape index (κ2) is 6.35. The maximum atomic E-state index is 6.03. The molecule has 1 aliphatic rings. The third-order valence-electron chi connectivity index (χ3n) is 5.01. The van der Waals surface area contributed by atoms with Gasteiger partial charge in [-0.1, -0.05) is 24.3 Å². The predicted octanol–water partition coefficient (Wildman–Crippen LogP) is 5.67. The van der Waals surface area contributed by atoms with Crippen LogP contribution in [0.1, 0.15) is 37.8 Å². The molecule has 0 amide bonds. The molecule has 0 aliphatic heterocycles. The number of benzene rings is 3. The minimum atomic E-state index is 0.660. The summed E-state index contributed by atoms with van der Waals surface area (Å²) in [6, 6.07) is 13.2. The molecule has 3 aromatic carbocycles. The van der Waals surface area contributed by atoms with E-state index in [0.29, 0.717) is 13.2 Å². The normalized spacial score (nSPS) is 13.9. The van der Waals surface area contributed by atoms with Crippen molar-refractivity contribution in [2.24, 2.45) is 0 Å². The van der Waals surface area contributed by atoms with E-state index in [1.165, 1.54) is 53.0 Å². The van der Waals surface area contributed by atoms with Crippen molar-refractivity contribution in [1.82, 2.24) is 0 Å². The highest BCUT2D eigenvalue weighted by Crippen LogP contribution is 2.42. The molecule has 4 rings (SSSR count). The topological polar surface area (TPSA) is 18.5 Å². The molecule has 0 atom stereocenters. The maximum Gasteiger partial charge on any atom is 0.131 e.